The number of nitrogens with zero attached hydrogens (tertiary/aromatic N) is 2. The van der Waals surface area contributed by atoms with Gasteiger partial charge in [0, 0.05) is 12.6 Å². The van der Waals surface area contributed by atoms with Crippen LogP contribution < -0.4 is 5.73 Å². The molecule has 0 saturated heterocycles. The Balaban J connectivity index is 2.41. The standard InChI is InChI=1S/C13H14F3N3O/c1-7-5-8(13(14,15)16)3-4-9(7)11(20)10-6-18-19(2)12(10)17/h3-6,11,20H,17H2,1-2H3. The van der Waals surface area contributed by atoms with Crippen LogP contribution in [0.15, 0.2) is 24.4 Å². The number of nitrogen functional groups attached to an aromatic ring is 1. The minimum Gasteiger partial charge on any atom is -0.384 e. The number of anilines is 1. The van der Waals surface area contributed by atoms with Gasteiger partial charge in [0.1, 0.15) is 11.9 Å². The van der Waals surface area contributed by atoms with Crippen LogP contribution in [-0.4, -0.2) is 14.9 Å². The molecular formula is C13H14F3N3O. The van der Waals surface area contributed by atoms with Crippen molar-refractivity contribution >= 4 is 5.82 Å². The highest BCUT2D eigenvalue weighted by Crippen LogP contribution is 2.33. The molecule has 2 rings (SSSR count). The van der Waals surface area contributed by atoms with Crippen molar-refractivity contribution in [3.63, 3.8) is 0 Å². The SMILES string of the molecule is Cc1cc(C(F)(F)F)ccc1C(O)c1cnn(C)c1N. The molecule has 4 nitrogen and oxygen atoms in total. The molecule has 108 valence electrons. The number of aromatic nitrogens is 2. The summed E-state index contributed by atoms with van der Waals surface area (Å²) in [7, 11) is 1.62. The Kier molecular flexibility index (Phi) is 3.47. The van der Waals surface area contributed by atoms with E-state index >= 15 is 0 Å². The molecule has 1 unspecified atom stereocenters. The average Bonchev–Trinajstić information content (AvgIpc) is 2.68. The highest BCUT2D eigenvalue weighted by Gasteiger charge is 2.31. The van der Waals surface area contributed by atoms with E-state index in [1.54, 1.807) is 7.05 Å². The second kappa shape index (κ2) is 4.82. The molecule has 0 fully saturated rings. The zero-order chi connectivity index (χ0) is 15.1. The third-order valence-corrected chi connectivity index (χ3v) is 3.20. The van der Waals surface area contributed by atoms with Gasteiger partial charge in [0.25, 0.3) is 0 Å². The fourth-order valence-electron chi connectivity index (χ4n) is 2.00. The van der Waals surface area contributed by atoms with Crippen molar-refractivity contribution in [3.8, 4) is 0 Å². The fourth-order valence-corrected chi connectivity index (χ4v) is 2.00. The third-order valence-electron chi connectivity index (χ3n) is 3.20. The van der Waals surface area contributed by atoms with Gasteiger partial charge in [-0.2, -0.15) is 18.3 Å². The van der Waals surface area contributed by atoms with E-state index in [-0.39, 0.29) is 5.82 Å². The van der Waals surface area contributed by atoms with Crippen LogP contribution in [0, 0.1) is 6.92 Å². The molecule has 0 saturated carbocycles. The van der Waals surface area contributed by atoms with Crippen LogP contribution >= 0.6 is 0 Å². The number of halogens is 3. The Morgan fingerprint density at radius 1 is 1.30 bits per heavy atom. The third kappa shape index (κ3) is 2.49. The molecule has 0 amide bonds. The van der Waals surface area contributed by atoms with E-state index in [0.717, 1.165) is 12.1 Å². The molecule has 0 bridgehead atoms. The van der Waals surface area contributed by atoms with Gasteiger partial charge in [-0.15, -0.1) is 0 Å². The smallest absolute Gasteiger partial charge is 0.384 e. The van der Waals surface area contributed by atoms with Crippen LogP contribution in [-0.2, 0) is 13.2 Å². The quantitative estimate of drug-likeness (QED) is 0.890. The Morgan fingerprint density at radius 3 is 2.40 bits per heavy atom. The number of benzene rings is 1. The van der Waals surface area contributed by atoms with Crippen molar-refractivity contribution in [3.05, 3.63) is 46.6 Å². The Bertz CT molecular complexity index is 634. The van der Waals surface area contributed by atoms with Gasteiger partial charge < -0.3 is 10.8 Å². The molecule has 0 spiro atoms. The van der Waals surface area contributed by atoms with Crippen LogP contribution in [0.3, 0.4) is 0 Å². The van der Waals surface area contributed by atoms with E-state index in [1.165, 1.54) is 23.9 Å². The second-order valence-electron chi connectivity index (χ2n) is 4.58. The van der Waals surface area contributed by atoms with Crippen molar-refractivity contribution in [2.24, 2.45) is 7.05 Å². The van der Waals surface area contributed by atoms with E-state index in [0.29, 0.717) is 16.7 Å². The van der Waals surface area contributed by atoms with E-state index in [9.17, 15) is 18.3 Å². The summed E-state index contributed by atoms with van der Waals surface area (Å²) in [6.07, 6.45) is -4.11. The second-order valence-corrected chi connectivity index (χ2v) is 4.58. The lowest BCUT2D eigenvalue weighted by molar-refractivity contribution is -0.137. The Hall–Kier alpha value is -2.02. The van der Waals surface area contributed by atoms with Crippen LogP contribution in [0.25, 0.3) is 0 Å². The van der Waals surface area contributed by atoms with Gasteiger partial charge in [-0.05, 0) is 30.2 Å². The average molecular weight is 285 g/mol. The van der Waals surface area contributed by atoms with Gasteiger partial charge in [-0.25, -0.2) is 0 Å². The van der Waals surface area contributed by atoms with Gasteiger partial charge >= 0.3 is 6.18 Å². The molecule has 0 aliphatic heterocycles. The summed E-state index contributed by atoms with van der Waals surface area (Å²) in [6.45, 7) is 1.51. The molecule has 1 aromatic heterocycles. The summed E-state index contributed by atoms with van der Waals surface area (Å²) in [5, 5.41) is 14.1. The maximum Gasteiger partial charge on any atom is 0.416 e. The maximum absolute atomic E-state index is 12.6. The molecule has 0 radical (unpaired) electrons. The van der Waals surface area contributed by atoms with Gasteiger partial charge in [-0.1, -0.05) is 6.07 Å². The van der Waals surface area contributed by atoms with Gasteiger partial charge in [0.2, 0.25) is 0 Å². The van der Waals surface area contributed by atoms with Crippen molar-refractivity contribution in [2.45, 2.75) is 19.2 Å². The monoisotopic (exact) mass is 285 g/mol. The predicted molar refractivity (Wildman–Crippen MR) is 67.9 cm³/mol. The number of rotatable bonds is 2. The summed E-state index contributed by atoms with van der Waals surface area (Å²) < 4.78 is 39.2. The Labute approximate surface area is 113 Å². The first-order valence-electron chi connectivity index (χ1n) is 5.85. The normalized spacial score (nSPS) is 13.5. The molecular weight excluding hydrogens is 271 g/mol. The van der Waals surface area contributed by atoms with Crippen molar-refractivity contribution in [1.29, 1.82) is 0 Å². The first kappa shape index (κ1) is 14.4. The lowest BCUT2D eigenvalue weighted by Gasteiger charge is -2.15. The minimum absolute atomic E-state index is 0.275. The minimum atomic E-state index is -4.40. The molecule has 2 aromatic rings. The molecule has 3 N–H and O–H groups in total. The maximum atomic E-state index is 12.6. The number of hydrogen-bond donors (Lipinski definition) is 2. The van der Waals surface area contributed by atoms with E-state index in [2.05, 4.69) is 5.10 Å². The van der Waals surface area contributed by atoms with Gasteiger partial charge in [-0.3, -0.25) is 4.68 Å². The van der Waals surface area contributed by atoms with Crippen molar-refractivity contribution in [1.82, 2.24) is 9.78 Å². The lowest BCUT2D eigenvalue weighted by atomic mass is 9.97. The summed E-state index contributed by atoms with van der Waals surface area (Å²) in [5.41, 5.74) is 6.09. The van der Waals surface area contributed by atoms with Gasteiger partial charge in [0.05, 0.1) is 11.8 Å². The summed E-state index contributed by atoms with van der Waals surface area (Å²) in [5.74, 6) is 0.275. The fraction of sp³-hybridized carbons (Fsp3) is 0.308. The number of nitrogens with two attached hydrogens (primary N) is 1. The Morgan fingerprint density at radius 2 is 1.95 bits per heavy atom. The first-order valence-corrected chi connectivity index (χ1v) is 5.85. The largest absolute Gasteiger partial charge is 0.416 e. The number of hydrogen-bond acceptors (Lipinski definition) is 3. The van der Waals surface area contributed by atoms with Crippen LogP contribution in [0.2, 0.25) is 0 Å². The molecule has 20 heavy (non-hydrogen) atoms. The predicted octanol–water partition coefficient (Wildman–Crippen LogP) is 2.41. The zero-order valence-corrected chi connectivity index (χ0v) is 10.9. The molecule has 7 heteroatoms. The number of alkyl halides is 3. The number of aryl methyl sites for hydroxylation is 2. The summed E-state index contributed by atoms with van der Waals surface area (Å²) >= 11 is 0. The molecule has 0 aliphatic carbocycles. The summed E-state index contributed by atoms with van der Waals surface area (Å²) in [4.78, 5) is 0. The van der Waals surface area contributed by atoms with Crippen LogP contribution in [0.1, 0.15) is 28.4 Å². The topological polar surface area (TPSA) is 64.1 Å². The first-order chi connectivity index (χ1) is 9.21. The van der Waals surface area contributed by atoms with Crippen molar-refractivity contribution in [2.75, 3.05) is 5.73 Å². The zero-order valence-electron chi connectivity index (χ0n) is 10.9. The van der Waals surface area contributed by atoms with Crippen LogP contribution in [0.4, 0.5) is 19.0 Å². The van der Waals surface area contributed by atoms with Crippen molar-refractivity contribution < 1.29 is 18.3 Å². The highest BCUT2D eigenvalue weighted by molar-refractivity contribution is 5.46. The molecule has 0 aliphatic rings. The lowest BCUT2D eigenvalue weighted by Crippen LogP contribution is -2.09. The van der Waals surface area contributed by atoms with Gasteiger partial charge in [0.15, 0.2) is 0 Å². The highest BCUT2D eigenvalue weighted by atomic mass is 19.4. The van der Waals surface area contributed by atoms with E-state index in [4.69, 9.17) is 5.73 Å². The van der Waals surface area contributed by atoms with E-state index < -0.39 is 17.8 Å². The molecule has 1 heterocycles. The number of aliphatic hydroxyl groups excluding tert-OH is 1. The number of aliphatic hydroxyl groups is 1. The molecule has 1 aromatic carbocycles. The summed E-state index contributed by atoms with van der Waals surface area (Å²) in [6, 6.07) is 3.21. The molecule has 1 atom stereocenters. The van der Waals surface area contributed by atoms with Crippen LogP contribution in [0.5, 0.6) is 0 Å². The van der Waals surface area contributed by atoms with E-state index in [1.807, 2.05) is 0 Å².